The Morgan fingerprint density at radius 1 is 1.07 bits per heavy atom. The number of carbonyl (C=O) groups excluding carboxylic acids is 2. The Morgan fingerprint density at radius 3 is 2.56 bits per heavy atom. The second-order valence-corrected chi connectivity index (χ2v) is 5.83. The maximum atomic E-state index is 12.5. The zero-order chi connectivity index (χ0) is 19.2. The number of amides is 2. The molecule has 0 spiro atoms. The number of ether oxygens (including phenoxy) is 1. The van der Waals surface area contributed by atoms with Crippen molar-refractivity contribution in [2.24, 2.45) is 0 Å². The average molecular weight is 365 g/mol. The van der Waals surface area contributed by atoms with E-state index in [1.54, 1.807) is 42.5 Å². The van der Waals surface area contributed by atoms with Crippen LogP contribution in [0.2, 0.25) is 0 Å². The Morgan fingerprint density at radius 2 is 1.85 bits per heavy atom. The zero-order valence-corrected chi connectivity index (χ0v) is 15.0. The van der Waals surface area contributed by atoms with Gasteiger partial charge in [0.1, 0.15) is 22.9 Å². The number of pyridine rings is 1. The lowest BCUT2D eigenvalue weighted by atomic mass is 10.2. The lowest BCUT2D eigenvalue weighted by Crippen LogP contribution is -2.25. The Hall–Kier alpha value is -3.61. The van der Waals surface area contributed by atoms with Crippen LogP contribution in [0.15, 0.2) is 59.2 Å². The fourth-order valence-corrected chi connectivity index (χ4v) is 2.46. The molecule has 2 amide bonds. The number of furan rings is 1. The Labute approximate surface area is 156 Å². The highest BCUT2D eigenvalue weighted by Gasteiger charge is 2.14. The summed E-state index contributed by atoms with van der Waals surface area (Å²) in [6, 6.07) is 13.7. The summed E-state index contributed by atoms with van der Waals surface area (Å²) < 4.78 is 10.4. The van der Waals surface area contributed by atoms with Gasteiger partial charge in [-0.15, -0.1) is 0 Å². The summed E-state index contributed by atoms with van der Waals surface area (Å²) >= 11 is 0. The van der Waals surface area contributed by atoms with Gasteiger partial charge in [-0.3, -0.25) is 9.59 Å². The normalized spacial score (nSPS) is 10.3. The van der Waals surface area contributed by atoms with Gasteiger partial charge in [0, 0.05) is 0 Å². The zero-order valence-electron chi connectivity index (χ0n) is 15.0. The van der Waals surface area contributed by atoms with E-state index in [1.807, 2.05) is 13.0 Å². The lowest BCUT2D eigenvalue weighted by molar-refractivity contribution is 0.0943. The van der Waals surface area contributed by atoms with Gasteiger partial charge in [0.15, 0.2) is 0 Å². The van der Waals surface area contributed by atoms with E-state index in [2.05, 4.69) is 15.6 Å². The predicted octanol–water partition coefficient (Wildman–Crippen LogP) is 3.17. The molecule has 0 saturated heterocycles. The Kier molecular flexibility index (Phi) is 5.51. The van der Waals surface area contributed by atoms with Crippen LogP contribution in [0, 0.1) is 6.92 Å². The van der Waals surface area contributed by atoms with E-state index < -0.39 is 11.8 Å². The number of carbonyl (C=O) groups is 2. The molecule has 27 heavy (non-hydrogen) atoms. The van der Waals surface area contributed by atoms with Gasteiger partial charge in [-0.05, 0) is 48.9 Å². The molecule has 0 atom stereocenters. The van der Waals surface area contributed by atoms with E-state index >= 15 is 0 Å². The first kappa shape index (κ1) is 18.2. The fraction of sp³-hybridized carbons (Fsp3) is 0.150. The Bertz CT molecular complexity index is 952. The van der Waals surface area contributed by atoms with Gasteiger partial charge in [-0.2, -0.15) is 0 Å². The summed E-state index contributed by atoms with van der Waals surface area (Å²) in [6.45, 7) is 2.15. The molecule has 0 aliphatic heterocycles. The fourth-order valence-electron chi connectivity index (χ4n) is 2.46. The van der Waals surface area contributed by atoms with Crippen LogP contribution >= 0.6 is 0 Å². The maximum Gasteiger partial charge on any atom is 0.274 e. The number of aryl methyl sites for hydroxylation is 1. The largest absolute Gasteiger partial charge is 0.495 e. The van der Waals surface area contributed by atoms with Gasteiger partial charge in [-0.1, -0.05) is 12.1 Å². The minimum atomic E-state index is -0.431. The van der Waals surface area contributed by atoms with Gasteiger partial charge >= 0.3 is 0 Å². The minimum absolute atomic E-state index is 0.129. The van der Waals surface area contributed by atoms with Crippen LogP contribution in [0.4, 0.5) is 5.69 Å². The number of benzene rings is 1. The summed E-state index contributed by atoms with van der Waals surface area (Å²) in [6.07, 6.45) is 1.53. The van der Waals surface area contributed by atoms with Crippen LogP contribution in [0.1, 0.15) is 32.3 Å². The number of aromatic nitrogens is 1. The molecule has 0 unspecified atom stereocenters. The predicted molar refractivity (Wildman–Crippen MR) is 99.8 cm³/mol. The topological polar surface area (TPSA) is 93.5 Å². The molecule has 2 N–H and O–H groups in total. The molecule has 0 aliphatic carbocycles. The van der Waals surface area contributed by atoms with Gasteiger partial charge < -0.3 is 19.8 Å². The first-order valence-electron chi connectivity index (χ1n) is 8.30. The molecule has 0 aliphatic rings. The van der Waals surface area contributed by atoms with Crippen LogP contribution < -0.4 is 15.4 Å². The van der Waals surface area contributed by atoms with E-state index in [0.29, 0.717) is 17.2 Å². The number of hydrogen-bond donors (Lipinski definition) is 2. The van der Waals surface area contributed by atoms with Crippen molar-refractivity contribution in [3.05, 3.63) is 77.5 Å². The number of rotatable bonds is 6. The second kappa shape index (κ2) is 8.18. The van der Waals surface area contributed by atoms with Crippen LogP contribution in [-0.2, 0) is 6.54 Å². The molecule has 3 aromatic rings. The summed E-state index contributed by atoms with van der Waals surface area (Å²) in [7, 11) is 1.53. The molecule has 3 rings (SSSR count). The van der Waals surface area contributed by atoms with Crippen molar-refractivity contribution < 1.29 is 18.7 Å². The van der Waals surface area contributed by atoms with E-state index in [1.165, 1.54) is 13.4 Å². The third-order valence-corrected chi connectivity index (χ3v) is 3.82. The van der Waals surface area contributed by atoms with Crippen LogP contribution in [0.3, 0.4) is 0 Å². The third kappa shape index (κ3) is 4.52. The average Bonchev–Trinajstić information content (AvgIpc) is 3.20. The van der Waals surface area contributed by atoms with E-state index in [0.717, 1.165) is 5.56 Å². The quantitative estimate of drug-likeness (QED) is 0.700. The monoisotopic (exact) mass is 365 g/mol. The molecule has 2 aromatic heterocycles. The molecule has 0 radical (unpaired) electrons. The highest BCUT2D eigenvalue weighted by molar-refractivity contribution is 6.04. The Balaban J connectivity index is 1.72. The van der Waals surface area contributed by atoms with Crippen LogP contribution in [0.25, 0.3) is 0 Å². The van der Waals surface area contributed by atoms with Gasteiger partial charge in [0.05, 0.1) is 25.6 Å². The second-order valence-electron chi connectivity index (χ2n) is 5.83. The van der Waals surface area contributed by atoms with E-state index in [4.69, 9.17) is 9.15 Å². The third-order valence-electron chi connectivity index (χ3n) is 3.82. The molecular formula is C20H19N3O4. The summed E-state index contributed by atoms with van der Waals surface area (Å²) in [5.41, 5.74) is 1.79. The van der Waals surface area contributed by atoms with Gasteiger partial charge in [0.2, 0.25) is 0 Å². The van der Waals surface area contributed by atoms with Crippen molar-refractivity contribution in [1.29, 1.82) is 0 Å². The molecule has 138 valence electrons. The molecule has 0 saturated carbocycles. The standard InChI is InChI=1S/C20H19N3O4/c1-13-8-9-18(26-2)17(11-13)23-20(25)16-7-3-6-15(22-16)19(24)21-12-14-5-4-10-27-14/h3-11H,12H2,1-2H3,(H,21,24)(H,23,25). The number of methoxy groups -OCH3 is 1. The SMILES string of the molecule is COc1ccc(C)cc1NC(=O)c1cccc(C(=O)NCc2ccco2)n1. The van der Waals surface area contributed by atoms with Crippen molar-refractivity contribution in [2.45, 2.75) is 13.5 Å². The first-order valence-corrected chi connectivity index (χ1v) is 8.30. The minimum Gasteiger partial charge on any atom is -0.495 e. The lowest BCUT2D eigenvalue weighted by Gasteiger charge is -2.11. The molecule has 2 heterocycles. The molecule has 0 fully saturated rings. The van der Waals surface area contributed by atoms with Gasteiger partial charge in [-0.25, -0.2) is 4.98 Å². The van der Waals surface area contributed by atoms with Crippen LogP contribution in [0.5, 0.6) is 5.75 Å². The van der Waals surface area contributed by atoms with Crippen molar-refractivity contribution >= 4 is 17.5 Å². The number of nitrogens with zero attached hydrogens (tertiary/aromatic N) is 1. The van der Waals surface area contributed by atoms with E-state index in [9.17, 15) is 9.59 Å². The van der Waals surface area contributed by atoms with Crippen molar-refractivity contribution in [3.63, 3.8) is 0 Å². The van der Waals surface area contributed by atoms with Crippen molar-refractivity contribution in [2.75, 3.05) is 12.4 Å². The first-order chi connectivity index (χ1) is 13.1. The van der Waals surface area contributed by atoms with E-state index in [-0.39, 0.29) is 17.9 Å². The van der Waals surface area contributed by atoms with Gasteiger partial charge in [0.25, 0.3) is 11.8 Å². The van der Waals surface area contributed by atoms with Crippen molar-refractivity contribution in [1.82, 2.24) is 10.3 Å². The smallest absolute Gasteiger partial charge is 0.274 e. The number of nitrogens with one attached hydrogen (secondary N) is 2. The number of anilines is 1. The molecular weight excluding hydrogens is 346 g/mol. The summed E-state index contributed by atoms with van der Waals surface area (Å²) in [5, 5.41) is 5.46. The van der Waals surface area contributed by atoms with Crippen LogP contribution in [-0.4, -0.2) is 23.9 Å². The van der Waals surface area contributed by atoms with Crippen molar-refractivity contribution in [3.8, 4) is 5.75 Å². The summed E-state index contributed by atoms with van der Waals surface area (Å²) in [5.74, 6) is 0.346. The molecule has 1 aromatic carbocycles. The number of hydrogen-bond acceptors (Lipinski definition) is 5. The highest BCUT2D eigenvalue weighted by Crippen LogP contribution is 2.25. The maximum absolute atomic E-state index is 12.5. The molecule has 7 nitrogen and oxygen atoms in total. The summed E-state index contributed by atoms with van der Waals surface area (Å²) in [4.78, 5) is 28.9. The molecule has 0 bridgehead atoms. The highest BCUT2D eigenvalue weighted by atomic mass is 16.5. The molecule has 7 heteroatoms.